The molecule has 2 atom stereocenters. The number of benzene rings is 2. The molecule has 2 fully saturated rings. The molecule has 2 nitrogen and oxygen atoms in total. The number of rotatable bonds is 7. The van der Waals surface area contributed by atoms with Gasteiger partial charge in [0.15, 0.2) is 0 Å². The molecule has 2 aromatic carbocycles. The quantitative estimate of drug-likeness (QED) is 0.610. The summed E-state index contributed by atoms with van der Waals surface area (Å²) in [7, 11) is 0. The average molecular weight is 422 g/mol. The van der Waals surface area contributed by atoms with Crippen molar-refractivity contribution in [1.82, 2.24) is 0 Å². The third kappa shape index (κ3) is 3.54. The first-order chi connectivity index (χ1) is 14.3. The van der Waals surface area contributed by atoms with Crippen LogP contribution in [0.3, 0.4) is 0 Å². The molecule has 2 saturated carbocycles. The molecule has 2 aliphatic carbocycles. The molecule has 0 aliphatic heterocycles. The van der Waals surface area contributed by atoms with Crippen LogP contribution in [0, 0.1) is 34.1 Å². The first-order valence-electron chi connectivity index (χ1n) is 10.5. The van der Waals surface area contributed by atoms with Crippen LogP contribution in [0.25, 0.3) is 0 Å². The van der Waals surface area contributed by atoms with Gasteiger partial charge in [-0.15, -0.1) is 0 Å². The molecular weight excluding hydrogens is 396 g/mol. The Morgan fingerprint density at radius 1 is 0.633 bits per heavy atom. The van der Waals surface area contributed by atoms with E-state index >= 15 is 0 Å². The molecule has 0 amide bonds. The lowest BCUT2D eigenvalue weighted by atomic mass is 9.54. The normalized spacial score (nSPS) is 21.4. The van der Waals surface area contributed by atoms with Crippen LogP contribution in [-0.2, 0) is 12.8 Å². The molecule has 0 spiro atoms. The second kappa shape index (κ2) is 7.97. The Labute approximate surface area is 173 Å². The van der Waals surface area contributed by atoms with E-state index in [-0.39, 0.29) is 24.0 Å². The fourth-order valence-corrected chi connectivity index (χ4v) is 5.19. The Morgan fingerprint density at radius 3 is 1.17 bits per heavy atom. The smallest absolute Gasteiger partial charge is 0.129 e. The van der Waals surface area contributed by atoms with Crippen molar-refractivity contribution in [3.05, 3.63) is 70.8 Å². The highest BCUT2D eigenvalue weighted by molar-refractivity contribution is 5.25. The topological polar surface area (TPSA) is 40.5 Å². The lowest BCUT2D eigenvalue weighted by molar-refractivity contribution is -0.165. The van der Waals surface area contributed by atoms with Crippen molar-refractivity contribution in [1.29, 1.82) is 0 Å². The van der Waals surface area contributed by atoms with Crippen LogP contribution >= 0.6 is 0 Å². The summed E-state index contributed by atoms with van der Waals surface area (Å²) < 4.78 is 56.9. The standard InChI is InChI=1S/C24H26F4O2/c25-17-5-1-6-18(26)15(17)13-23(9-3-10-23)21(29)22(30)24(11-4-12-24)14-16-19(27)7-2-8-20(16)28/h1-2,5-8,21-22,29-30H,3-4,9-14H2. The van der Waals surface area contributed by atoms with E-state index in [1.807, 2.05) is 0 Å². The molecule has 0 bridgehead atoms. The van der Waals surface area contributed by atoms with E-state index < -0.39 is 46.3 Å². The minimum Gasteiger partial charge on any atom is -0.390 e. The number of aliphatic hydroxyl groups is 2. The number of aliphatic hydroxyl groups excluding tert-OH is 2. The van der Waals surface area contributed by atoms with Gasteiger partial charge in [0.1, 0.15) is 23.3 Å². The zero-order valence-corrected chi connectivity index (χ0v) is 16.7. The van der Waals surface area contributed by atoms with E-state index in [1.165, 1.54) is 36.4 Å². The van der Waals surface area contributed by atoms with E-state index in [9.17, 15) is 27.8 Å². The number of halogens is 4. The molecule has 0 aromatic heterocycles. The van der Waals surface area contributed by atoms with Crippen molar-refractivity contribution in [2.24, 2.45) is 10.8 Å². The summed E-state index contributed by atoms with van der Waals surface area (Å²) in [5.41, 5.74) is -1.88. The van der Waals surface area contributed by atoms with E-state index in [2.05, 4.69) is 0 Å². The summed E-state index contributed by atoms with van der Waals surface area (Å²) in [4.78, 5) is 0. The van der Waals surface area contributed by atoms with Gasteiger partial charge in [-0.05, 0) is 62.8 Å². The van der Waals surface area contributed by atoms with Crippen LogP contribution < -0.4 is 0 Å². The van der Waals surface area contributed by atoms with E-state index in [0.29, 0.717) is 25.7 Å². The molecule has 4 rings (SSSR count). The molecule has 2 aromatic rings. The van der Waals surface area contributed by atoms with Crippen LogP contribution in [0.2, 0.25) is 0 Å². The second-order valence-electron chi connectivity index (χ2n) is 9.08. The van der Waals surface area contributed by atoms with Gasteiger partial charge in [-0.2, -0.15) is 0 Å². The second-order valence-corrected chi connectivity index (χ2v) is 9.08. The molecule has 6 heteroatoms. The summed E-state index contributed by atoms with van der Waals surface area (Å²) in [6.45, 7) is 0. The van der Waals surface area contributed by atoms with Gasteiger partial charge in [-0.25, -0.2) is 17.6 Å². The van der Waals surface area contributed by atoms with Crippen molar-refractivity contribution in [3.8, 4) is 0 Å². The lowest BCUT2D eigenvalue weighted by Crippen LogP contribution is -2.57. The third-order valence-corrected chi connectivity index (χ3v) is 7.43. The van der Waals surface area contributed by atoms with E-state index in [1.54, 1.807) is 0 Å². The summed E-state index contributed by atoms with van der Waals surface area (Å²) in [5, 5.41) is 22.3. The maximum atomic E-state index is 14.2. The molecule has 0 saturated heterocycles. The fourth-order valence-electron chi connectivity index (χ4n) is 5.19. The molecule has 30 heavy (non-hydrogen) atoms. The van der Waals surface area contributed by atoms with Gasteiger partial charge in [-0.3, -0.25) is 0 Å². The molecule has 2 unspecified atom stereocenters. The third-order valence-electron chi connectivity index (χ3n) is 7.43. The maximum Gasteiger partial charge on any atom is 0.129 e. The Morgan fingerprint density at radius 2 is 0.933 bits per heavy atom. The maximum absolute atomic E-state index is 14.2. The predicted octanol–water partition coefficient (Wildman–Crippen LogP) is 5.09. The Hall–Kier alpha value is -1.92. The van der Waals surface area contributed by atoms with Gasteiger partial charge in [0.05, 0.1) is 12.2 Å². The van der Waals surface area contributed by atoms with Crippen LogP contribution in [0.4, 0.5) is 17.6 Å². The van der Waals surface area contributed by atoms with Crippen molar-refractivity contribution in [2.75, 3.05) is 0 Å². The Bertz CT molecular complexity index is 805. The first kappa shape index (κ1) is 21.3. The summed E-state index contributed by atoms with van der Waals surface area (Å²) >= 11 is 0. The zero-order valence-electron chi connectivity index (χ0n) is 16.7. The molecule has 0 radical (unpaired) electrons. The van der Waals surface area contributed by atoms with Gasteiger partial charge in [0.2, 0.25) is 0 Å². The van der Waals surface area contributed by atoms with Crippen LogP contribution in [0.5, 0.6) is 0 Å². The molecule has 162 valence electrons. The highest BCUT2D eigenvalue weighted by Gasteiger charge is 2.54. The monoisotopic (exact) mass is 422 g/mol. The number of hydrogen-bond donors (Lipinski definition) is 2. The zero-order chi connectivity index (χ0) is 21.5. The predicted molar refractivity (Wildman–Crippen MR) is 105 cm³/mol. The van der Waals surface area contributed by atoms with Crippen molar-refractivity contribution >= 4 is 0 Å². The highest BCUT2D eigenvalue weighted by Crippen LogP contribution is 2.54. The summed E-state index contributed by atoms with van der Waals surface area (Å²) in [5.74, 6) is -2.69. The molecule has 2 aliphatic rings. The van der Waals surface area contributed by atoms with Gasteiger partial charge in [0, 0.05) is 22.0 Å². The van der Waals surface area contributed by atoms with Gasteiger partial charge in [-0.1, -0.05) is 25.0 Å². The molecular formula is C24H26F4O2. The largest absolute Gasteiger partial charge is 0.390 e. The van der Waals surface area contributed by atoms with Gasteiger partial charge in [0.25, 0.3) is 0 Å². The van der Waals surface area contributed by atoms with Crippen LogP contribution in [0.15, 0.2) is 36.4 Å². The summed E-state index contributed by atoms with van der Waals surface area (Å²) in [6, 6.07) is 7.31. The van der Waals surface area contributed by atoms with Crippen molar-refractivity contribution in [2.45, 2.75) is 63.6 Å². The van der Waals surface area contributed by atoms with E-state index in [0.717, 1.165) is 12.8 Å². The van der Waals surface area contributed by atoms with Crippen molar-refractivity contribution in [3.63, 3.8) is 0 Å². The van der Waals surface area contributed by atoms with Crippen LogP contribution in [-0.4, -0.2) is 22.4 Å². The van der Waals surface area contributed by atoms with E-state index in [4.69, 9.17) is 0 Å². The van der Waals surface area contributed by atoms with Gasteiger partial charge >= 0.3 is 0 Å². The fraction of sp³-hybridized carbons (Fsp3) is 0.500. The first-order valence-corrected chi connectivity index (χ1v) is 10.5. The lowest BCUT2D eigenvalue weighted by Gasteiger charge is -2.54. The highest BCUT2D eigenvalue weighted by atomic mass is 19.1. The Balaban J connectivity index is 1.60. The molecule has 0 heterocycles. The summed E-state index contributed by atoms with van der Waals surface area (Å²) in [6.07, 6.45) is 1.19. The minimum atomic E-state index is -1.24. The van der Waals surface area contributed by atoms with Gasteiger partial charge < -0.3 is 10.2 Å². The number of hydrogen-bond acceptors (Lipinski definition) is 2. The Kier molecular flexibility index (Phi) is 5.66. The minimum absolute atomic E-state index is 0.0200. The van der Waals surface area contributed by atoms with Crippen LogP contribution in [0.1, 0.15) is 49.7 Å². The average Bonchev–Trinajstić information content (AvgIpc) is 2.64. The SMILES string of the molecule is OC(C(O)C1(Cc2c(F)cccc2F)CCC1)C1(Cc2c(F)cccc2F)CCC1. The van der Waals surface area contributed by atoms with Crippen molar-refractivity contribution < 1.29 is 27.8 Å². The molecule has 2 N–H and O–H groups in total.